The van der Waals surface area contributed by atoms with Crippen molar-refractivity contribution in [2.24, 2.45) is 0 Å². The standard InChI is InChI=1S/C14H14FNO2S/c1-2-3-8-16-13(17)12(19-14(16)18)9-10-4-6-11(15)7-5-10/h4-7,9H,2-3,8H2,1H3/b12-9-. The molecule has 2 amide bonds. The van der Waals surface area contributed by atoms with Crippen LogP contribution in [-0.4, -0.2) is 22.6 Å². The molecule has 0 spiro atoms. The van der Waals surface area contributed by atoms with Gasteiger partial charge in [-0.05, 0) is 42.0 Å². The number of nitrogens with zero attached hydrogens (tertiary/aromatic N) is 1. The van der Waals surface area contributed by atoms with Crippen LogP contribution < -0.4 is 0 Å². The smallest absolute Gasteiger partial charge is 0.268 e. The van der Waals surface area contributed by atoms with Gasteiger partial charge in [0.1, 0.15) is 5.82 Å². The third-order valence-electron chi connectivity index (χ3n) is 2.78. The number of amides is 2. The van der Waals surface area contributed by atoms with Crippen LogP contribution in [0.4, 0.5) is 9.18 Å². The zero-order valence-corrected chi connectivity index (χ0v) is 11.4. The van der Waals surface area contributed by atoms with E-state index in [9.17, 15) is 14.0 Å². The van der Waals surface area contributed by atoms with Gasteiger partial charge in [-0.1, -0.05) is 25.5 Å². The molecule has 2 rings (SSSR count). The van der Waals surface area contributed by atoms with E-state index in [0.29, 0.717) is 17.0 Å². The molecule has 0 N–H and O–H groups in total. The molecule has 19 heavy (non-hydrogen) atoms. The molecular weight excluding hydrogens is 265 g/mol. The normalized spacial score (nSPS) is 17.6. The highest BCUT2D eigenvalue weighted by Gasteiger charge is 2.34. The fraction of sp³-hybridized carbons (Fsp3) is 0.286. The van der Waals surface area contributed by atoms with E-state index in [4.69, 9.17) is 0 Å². The Morgan fingerprint density at radius 1 is 1.26 bits per heavy atom. The van der Waals surface area contributed by atoms with Crippen molar-refractivity contribution >= 4 is 29.0 Å². The molecule has 1 fully saturated rings. The van der Waals surface area contributed by atoms with Gasteiger partial charge in [0, 0.05) is 6.54 Å². The third-order valence-corrected chi connectivity index (χ3v) is 3.68. The summed E-state index contributed by atoms with van der Waals surface area (Å²) in [7, 11) is 0. The first-order valence-corrected chi connectivity index (χ1v) is 6.94. The maximum Gasteiger partial charge on any atom is 0.293 e. The van der Waals surface area contributed by atoms with Crippen molar-refractivity contribution in [3.05, 3.63) is 40.6 Å². The topological polar surface area (TPSA) is 37.4 Å². The molecule has 0 radical (unpaired) electrons. The van der Waals surface area contributed by atoms with Crippen LogP contribution in [-0.2, 0) is 4.79 Å². The average molecular weight is 279 g/mol. The number of halogens is 1. The van der Waals surface area contributed by atoms with Gasteiger partial charge in [0.2, 0.25) is 0 Å². The lowest BCUT2D eigenvalue weighted by molar-refractivity contribution is -0.122. The summed E-state index contributed by atoms with van der Waals surface area (Å²) in [5.41, 5.74) is 0.711. The first-order valence-electron chi connectivity index (χ1n) is 6.12. The number of benzene rings is 1. The molecule has 1 aliphatic rings. The van der Waals surface area contributed by atoms with Crippen molar-refractivity contribution in [3.8, 4) is 0 Å². The van der Waals surface area contributed by atoms with Crippen LogP contribution in [0.1, 0.15) is 25.3 Å². The van der Waals surface area contributed by atoms with E-state index in [0.717, 1.165) is 24.6 Å². The average Bonchev–Trinajstić information content (AvgIpc) is 2.65. The van der Waals surface area contributed by atoms with Crippen LogP contribution in [0.15, 0.2) is 29.2 Å². The molecule has 1 aromatic carbocycles. The van der Waals surface area contributed by atoms with Crippen molar-refractivity contribution in [1.29, 1.82) is 0 Å². The Morgan fingerprint density at radius 3 is 2.58 bits per heavy atom. The summed E-state index contributed by atoms with van der Waals surface area (Å²) in [5, 5.41) is -0.230. The molecule has 100 valence electrons. The summed E-state index contributed by atoms with van der Waals surface area (Å²) in [6.07, 6.45) is 3.36. The Labute approximate surface area is 115 Å². The third kappa shape index (κ3) is 3.23. The largest absolute Gasteiger partial charge is 0.293 e. The van der Waals surface area contributed by atoms with Crippen molar-refractivity contribution in [2.75, 3.05) is 6.54 Å². The second kappa shape index (κ2) is 6.02. The molecule has 0 saturated carbocycles. The van der Waals surface area contributed by atoms with Gasteiger partial charge in [-0.15, -0.1) is 0 Å². The first-order chi connectivity index (χ1) is 9.11. The van der Waals surface area contributed by atoms with Crippen LogP contribution in [0.2, 0.25) is 0 Å². The molecule has 1 aliphatic heterocycles. The maximum atomic E-state index is 12.8. The summed E-state index contributed by atoms with van der Waals surface area (Å²) in [5.74, 6) is -0.582. The van der Waals surface area contributed by atoms with Crippen LogP contribution >= 0.6 is 11.8 Å². The SMILES string of the molecule is CCCCN1C(=O)S/C(=C\c2ccc(F)cc2)C1=O. The zero-order chi connectivity index (χ0) is 13.8. The van der Waals surface area contributed by atoms with Gasteiger partial charge in [-0.2, -0.15) is 0 Å². The molecule has 1 saturated heterocycles. The van der Waals surface area contributed by atoms with Gasteiger partial charge < -0.3 is 0 Å². The number of hydrogen-bond acceptors (Lipinski definition) is 3. The lowest BCUT2D eigenvalue weighted by Crippen LogP contribution is -2.29. The highest BCUT2D eigenvalue weighted by atomic mass is 32.2. The number of unbranched alkanes of at least 4 members (excludes halogenated alkanes) is 1. The van der Waals surface area contributed by atoms with Gasteiger partial charge in [0.05, 0.1) is 4.91 Å². The minimum absolute atomic E-state index is 0.230. The van der Waals surface area contributed by atoms with E-state index >= 15 is 0 Å². The van der Waals surface area contributed by atoms with E-state index in [1.54, 1.807) is 18.2 Å². The second-order valence-corrected chi connectivity index (χ2v) is 5.23. The van der Waals surface area contributed by atoms with Crippen molar-refractivity contribution in [2.45, 2.75) is 19.8 Å². The quantitative estimate of drug-likeness (QED) is 0.789. The Kier molecular flexibility index (Phi) is 4.37. The van der Waals surface area contributed by atoms with E-state index in [-0.39, 0.29) is 17.0 Å². The summed E-state index contributed by atoms with van der Waals surface area (Å²) >= 11 is 0.936. The molecule has 0 aromatic heterocycles. The van der Waals surface area contributed by atoms with Crippen molar-refractivity contribution in [3.63, 3.8) is 0 Å². The molecule has 0 unspecified atom stereocenters. The van der Waals surface area contributed by atoms with Gasteiger partial charge >= 0.3 is 0 Å². The van der Waals surface area contributed by atoms with E-state index in [2.05, 4.69) is 0 Å². The fourth-order valence-corrected chi connectivity index (χ4v) is 2.58. The fourth-order valence-electron chi connectivity index (χ4n) is 1.72. The Hall–Kier alpha value is -1.62. The van der Waals surface area contributed by atoms with E-state index in [1.807, 2.05) is 6.92 Å². The number of rotatable bonds is 4. The number of carbonyl (C=O) groups is 2. The summed E-state index contributed by atoms with van der Waals surface area (Å²) in [6, 6.07) is 5.81. The lowest BCUT2D eigenvalue weighted by atomic mass is 10.2. The number of hydrogen-bond donors (Lipinski definition) is 0. The minimum atomic E-state index is -0.326. The highest BCUT2D eigenvalue weighted by Crippen LogP contribution is 2.32. The summed E-state index contributed by atoms with van der Waals surface area (Å²) < 4.78 is 12.8. The molecule has 0 atom stereocenters. The van der Waals surface area contributed by atoms with Crippen LogP contribution in [0, 0.1) is 5.82 Å². The van der Waals surface area contributed by atoms with Gasteiger partial charge in [0.15, 0.2) is 0 Å². The minimum Gasteiger partial charge on any atom is -0.268 e. The number of imide groups is 1. The van der Waals surface area contributed by atoms with Crippen LogP contribution in [0.5, 0.6) is 0 Å². The molecule has 0 bridgehead atoms. The maximum absolute atomic E-state index is 12.8. The summed E-state index contributed by atoms with van der Waals surface area (Å²) in [6.45, 7) is 2.47. The first kappa shape index (κ1) is 13.8. The Bertz CT molecular complexity index is 525. The molecular formula is C14H14FNO2S. The second-order valence-electron chi connectivity index (χ2n) is 4.24. The number of thioether (sulfide) groups is 1. The van der Waals surface area contributed by atoms with E-state index in [1.165, 1.54) is 17.0 Å². The monoisotopic (exact) mass is 279 g/mol. The Morgan fingerprint density at radius 2 is 1.95 bits per heavy atom. The predicted molar refractivity (Wildman–Crippen MR) is 74.0 cm³/mol. The van der Waals surface area contributed by atoms with Crippen LogP contribution in [0.3, 0.4) is 0 Å². The highest BCUT2D eigenvalue weighted by molar-refractivity contribution is 8.18. The van der Waals surface area contributed by atoms with Crippen molar-refractivity contribution < 1.29 is 14.0 Å². The van der Waals surface area contributed by atoms with Gasteiger partial charge in [0.25, 0.3) is 11.1 Å². The Balaban J connectivity index is 2.16. The zero-order valence-electron chi connectivity index (χ0n) is 10.6. The van der Waals surface area contributed by atoms with Crippen LogP contribution in [0.25, 0.3) is 6.08 Å². The lowest BCUT2D eigenvalue weighted by Gasteiger charge is -2.10. The molecule has 3 nitrogen and oxygen atoms in total. The van der Waals surface area contributed by atoms with E-state index < -0.39 is 0 Å². The molecule has 1 aromatic rings. The van der Waals surface area contributed by atoms with Gasteiger partial charge in [-0.3, -0.25) is 14.5 Å². The molecule has 0 aliphatic carbocycles. The van der Waals surface area contributed by atoms with Crippen molar-refractivity contribution in [1.82, 2.24) is 4.90 Å². The molecule has 1 heterocycles. The summed E-state index contributed by atoms with van der Waals surface area (Å²) in [4.78, 5) is 25.4. The molecule has 5 heteroatoms. The number of carbonyl (C=O) groups excluding carboxylic acids is 2. The van der Waals surface area contributed by atoms with Gasteiger partial charge in [-0.25, -0.2) is 4.39 Å². The predicted octanol–water partition coefficient (Wildman–Crippen LogP) is 3.66.